The molecular formula is C26H26N2O4. The number of anilines is 2. The molecule has 0 saturated carbocycles. The van der Waals surface area contributed by atoms with Crippen LogP contribution in [0.3, 0.4) is 0 Å². The molecule has 32 heavy (non-hydrogen) atoms. The number of ether oxygens (including phenoxy) is 1. The van der Waals surface area contributed by atoms with Gasteiger partial charge in [0.05, 0.1) is 6.42 Å². The van der Waals surface area contributed by atoms with E-state index in [0.29, 0.717) is 11.4 Å². The molecule has 0 saturated heterocycles. The number of esters is 1. The maximum atomic E-state index is 12.7. The molecule has 0 aromatic heterocycles. The smallest absolute Gasteiger partial charge is 0.307 e. The van der Waals surface area contributed by atoms with Gasteiger partial charge in [-0.15, -0.1) is 0 Å². The van der Waals surface area contributed by atoms with Gasteiger partial charge in [0.2, 0.25) is 5.91 Å². The molecule has 0 spiro atoms. The fourth-order valence-electron chi connectivity index (χ4n) is 3.35. The van der Waals surface area contributed by atoms with E-state index < -0.39 is 18.0 Å². The fourth-order valence-corrected chi connectivity index (χ4v) is 3.35. The highest BCUT2D eigenvalue weighted by atomic mass is 16.5. The topological polar surface area (TPSA) is 84.5 Å². The van der Waals surface area contributed by atoms with E-state index in [1.165, 1.54) is 6.92 Å². The summed E-state index contributed by atoms with van der Waals surface area (Å²) in [6.07, 6.45) is -0.832. The second-order valence-corrected chi connectivity index (χ2v) is 7.46. The van der Waals surface area contributed by atoms with Crippen LogP contribution in [-0.4, -0.2) is 23.9 Å². The van der Waals surface area contributed by atoms with Crippen LogP contribution in [0.4, 0.5) is 11.4 Å². The molecule has 0 radical (unpaired) electrons. The number of benzene rings is 3. The number of rotatable bonds is 8. The molecule has 3 rings (SSSR count). The molecule has 3 aromatic rings. The Balaban J connectivity index is 1.61. The van der Waals surface area contributed by atoms with Crippen molar-refractivity contribution < 1.29 is 19.1 Å². The van der Waals surface area contributed by atoms with E-state index in [1.807, 2.05) is 60.7 Å². The number of amides is 2. The summed E-state index contributed by atoms with van der Waals surface area (Å²) < 4.78 is 5.43. The molecule has 0 bridgehead atoms. The monoisotopic (exact) mass is 430 g/mol. The van der Waals surface area contributed by atoms with Crippen LogP contribution in [-0.2, 0) is 19.1 Å². The van der Waals surface area contributed by atoms with Crippen molar-refractivity contribution >= 4 is 29.2 Å². The van der Waals surface area contributed by atoms with Gasteiger partial charge in [-0.2, -0.15) is 0 Å². The molecule has 1 unspecified atom stereocenters. The number of carbonyl (C=O) groups excluding carboxylic acids is 3. The van der Waals surface area contributed by atoms with E-state index >= 15 is 0 Å². The van der Waals surface area contributed by atoms with Crippen molar-refractivity contribution in [2.24, 2.45) is 0 Å². The summed E-state index contributed by atoms with van der Waals surface area (Å²) in [6, 6.07) is 26.2. The Hall–Kier alpha value is -3.93. The van der Waals surface area contributed by atoms with Crippen LogP contribution in [0.15, 0.2) is 84.9 Å². The first-order valence-corrected chi connectivity index (χ1v) is 10.4. The van der Waals surface area contributed by atoms with Gasteiger partial charge in [-0.25, -0.2) is 0 Å². The van der Waals surface area contributed by atoms with Gasteiger partial charge in [-0.3, -0.25) is 14.4 Å². The van der Waals surface area contributed by atoms with Gasteiger partial charge in [-0.05, 0) is 42.3 Å². The molecule has 6 nitrogen and oxygen atoms in total. The van der Waals surface area contributed by atoms with Crippen LogP contribution in [0.5, 0.6) is 0 Å². The van der Waals surface area contributed by atoms with E-state index in [4.69, 9.17) is 4.74 Å². The average Bonchev–Trinajstić information content (AvgIpc) is 2.79. The van der Waals surface area contributed by atoms with Crippen molar-refractivity contribution in [1.82, 2.24) is 0 Å². The van der Waals surface area contributed by atoms with Crippen molar-refractivity contribution in [3.63, 3.8) is 0 Å². The Morgan fingerprint density at radius 3 is 1.69 bits per heavy atom. The molecule has 0 heterocycles. The van der Waals surface area contributed by atoms with E-state index in [2.05, 4.69) is 10.6 Å². The molecule has 3 aromatic carbocycles. The minimum Gasteiger partial charge on any atom is -0.453 e. The van der Waals surface area contributed by atoms with Gasteiger partial charge < -0.3 is 15.4 Å². The Bertz CT molecular complexity index is 1010. The summed E-state index contributed by atoms with van der Waals surface area (Å²) in [4.78, 5) is 36.2. The van der Waals surface area contributed by atoms with Gasteiger partial charge in [0.25, 0.3) is 5.91 Å². The summed E-state index contributed by atoms with van der Waals surface area (Å²) in [6.45, 7) is 2.96. The van der Waals surface area contributed by atoms with Crippen molar-refractivity contribution in [1.29, 1.82) is 0 Å². The molecule has 2 amide bonds. The Kier molecular flexibility index (Phi) is 7.75. The average molecular weight is 431 g/mol. The van der Waals surface area contributed by atoms with E-state index in [1.54, 1.807) is 31.2 Å². The molecular weight excluding hydrogens is 404 g/mol. The molecule has 1 atom stereocenters. The van der Waals surface area contributed by atoms with Gasteiger partial charge in [-0.1, -0.05) is 60.7 Å². The quantitative estimate of drug-likeness (QED) is 0.506. The van der Waals surface area contributed by atoms with Crippen LogP contribution < -0.4 is 10.6 Å². The third kappa shape index (κ3) is 6.54. The Morgan fingerprint density at radius 2 is 1.22 bits per heavy atom. The number of hydrogen-bond donors (Lipinski definition) is 2. The summed E-state index contributed by atoms with van der Waals surface area (Å²) in [5.74, 6) is -1.22. The summed E-state index contributed by atoms with van der Waals surface area (Å²) in [7, 11) is 0. The standard InChI is InChI=1S/C26H26N2O4/c1-18(26(31)28-23-15-13-22(14-16-23)27-19(2)29)32-25(30)17-24(20-9-5-3-6-10-20)21-11-7-4-8-12-21/h3-16,18,24H,17H2,1-2H3,(H,27,29)(H,28,31). The summed E-state index contributed by atoms with van der Waals surface area (Å²) in [5.41, 5.74) is 3.18. The minimum atomic E-state index is -0.954. The lowest BCUT2D eigenvalue weighted by Gasteiger charge is -2.19. The molecule has 0 aliphatic heterocycles. The predicted octanol–water partition coefficient (Wildman–Crippen LogP) is 4.74. The van der Waals surface area contributed by atoms with Crippen LogP contribution in [0.25, 0.3) is 0 Å². The van der Waals surface area contributed by atoms with Crippen LogP contribution >= 0.6 is 0 Å². The zero-order valence-electron chi connectivity index (χ0n) is 18.1. The van der Waals surface area contributed by atoms with E-state index in [0.717, 1.165) is 11.1 Å². The van der Waals surface area contributed by atoms with Gasteiger partial charge in [0, 0.05) is 24.2 Å². The molecule has 0 aliphatic carbocycles. The molecule has 0 aliphatic rings. The third-order valence-electron chi connectivity index (χ3n) is 4.92. The fraction of sp³-hybridized carbons (Fsp3) is 0.192. The zero-order chi connectivity index (χ0) is 22.9. The zero-order valence-corrected chi connectivity index (χ0v) is 18.1. The maximum Gasteiger partial charge on any atom is 0.307 e. The van der Waals surface area contributed by atoms with Crippen molar-refractivity contribution in [3.05, 3.63) is 96.1 Å². The van der Waals surface area contributed by atoms with Crippen molar-refractivity contribution in [2.75, 3.05) is 10.6 Å². The molecule has 6 heteroatoms. The number of carbonyl (C=O) groups is 3. The SMILES string of the molecule is CC(=O)Nc1ccc(NC(=O)C(C)OC(=O)CC(c2ccccc2)c2ccccc2)cc1. The Morgan fingerprint density at radius 1 is 0.750 bits per heavy atom. The van der Waals surface area contributed by atoms with Gasteiger partial charge >= 0.3 is 5.97 Å². The summed E-state index contributed by atoms with van der Waals surface area (Å²) >= 11 is 0. The van der Waals surface area contributed by atoms with Crippen molar-refractivity contribution in [2.45, 2.75) is 32.3 Å². The summed E-state index contributed by atoms with van der Waals surface area (Å²) in [5, 5.41) is 5.37. The highest BCUT2D eigenvalue weighted by Gasteiger charge is 2.23. The lowest BCUT2D eigenvalue weighted by Crippen LogP contribution is -2.30. The normalized spacial score (nSPS) is 11.5. The van der Waals surface area contributed by atoms with Gasteiger partial charge in [0.1, 0.15) is 0 Å². The van der Waals surface area contributed by atoms with Crippen LogP contribution in [0.2, 0.25) is 0 Å². The second-order valence-electron chi connectivity index (χ2n) is 7.46. The van der Waals surface area contributed by atoms with E-state index in [-0.39, 0.29) is 18.2 Å². The lowest BCUT2D eigenvalue weighted by molar-refractivity contribution is -0.153. The maximum absolute atomic E-state index is 12.7. The molecule has 0 fully saturated rings. The first-order chi connectivity index (χ1) is 15.4. The number of nitrogens with one attached hydrogen (secondary N) is 2. The predicted molar refractivity (Wildman–Crippen MR) is 124 cm³/mol. The van der Waals surface area contributed by atoms with Gasteiger partial charge in [0.15, 0.2) is 6.10 Å². The first-order valence-electron chi connectivity index (χ1n) is 10.4. The molecule has 2 N–H and O–H groups in total. The van der Waals surface area contributed by atoms with Crippen LogP contribution in [0.1, 0.15) is 37.3 Å². The largest absolute Gasteiger partial charge is 0.453 e. The Labute approximate surface area is 187 Å². The third-order valence-corrected chi connectivity index (χ3v) is 4.92. The molecule has 164 valence electrons. The van der Waals surface area contributed by atoms with Crippen molar-refractivity contribution in [3.8, 4) is 0 Å². The minimum absolute atomic E-state index is 0.122. The lowest BCUT2D eigenvalue weighted by atomic mass is 9.88. The highest BCUT2D eigenvalue weighted by Crippen LogP contribution is 2.28. The van der Waals surface area contributed by atoms with E-state index in [9.17, 15) is 14.4 Å². The van der Waals surface area contributed by atoms with Crippen LogP contribution in [0, 0.1) is 0 Å². The first kappa shape index (κ1) is 22.7. The second kappa shape index (κ2) is 10.9. The highest BCUT2D eigenvalue weighted by molar-refractivity contribution is 5.95. The number of hydrogen-bond acceptors (Lipinski definition) is 4.